The molecule has 0 aromatic carbocycles. The van der Waals surface area contributed by atoms with Crippen molar-refractivity contribution in [1.82, 2.24) is 29.5 Å². The highest BCUT2D eigenvalue weighted by molar-refractivity contribution is 14.1. The van der Waals surface area contributed by atoms with Crippen molar-refractivity contribution < 1.29 is 0 Å². The number of aryl methyl sites for hydroxylation is 1. The molecule has 2 rings (SSSR count). The minimum absolute atomic E-state index is 0.615. The molecule has 0 aliphatic carbocycles. The van der Waals surface area contributed by atoms with Crippen LogP contribution in [0.1, 0.15) is 12.7 Å². The van der Waals surface area contributed by atoms with Gasteiger partial charge in [-0.05, 0) is 6.92 Å². The summed E-state index contributed by atoms with van der Waals surface area (Å²) in [6, 6.07) is 0. The van der Waals surface area contributed by atoms with Gasteiger partial charge in [0.2, 0.25) is 3.83 Å². The second-order valence-corrected chi connectivity index (χ2v) is 3.67. The summed E-state index contributed by atoms with van der Waals surface area (Å²) >= 11 is 2.07. The Kier molecular flexibility index (Phi) is 2.75. The Balaban J connectivity index is 2.18. The van der Waals surface area contributed by atoms with E-state index in [9.17, 15) is 0 Å². The fourth-order valence-corrected chi connectivity index (χ4v) is 1.57. The zero-order valence-electron chi connectivity index (χ0n) is 7.63. The lowest BCUT2D eigenvalue weighted by molar-refractivity contribution is 0.566. The number of nitrogens with zero attached hydrogens (tertiary/aromatic N) is 6. The van der Waals surface area contributed by atoms with Crippen LogP contribution in [0.5, 0.6) is 0 Å². The van der Waals surface area contributed by atoms with Crippen molar-refractivity contribution in [2.75, 3.05) is 0 Å². The van der Waals surface area contributed by atoms with Gasteiger partial charge in [-0.25, -0.2) is 19.3 Å². The molecule has 74 valence electrons. The van der Waals surface area contributed by atoms with E-state index in [1.807, 2.05) is 11.6 Å². The van der Waals surface area contributed by atoms with E-state index in [4.69, 9.17) is 0 Å². The summed E-state index contributed by atoms with van der Waals surface area (Å²) in [4.78, 5) is 8.19. The summed E-state index contributed by atoms with van der Waals surface area (Å²) in [5, 5.41) is 8.25. The van der Waals surface area contributed by atoms with Gasteiger partial charge >= 0.3 is 0 Å². The first-order valence-electron chi connectivity index (χ1n) is 4.21. The van der Waals surface area contributed by atoms with Crippen LogP contribution in [0, 0.1) is 3.83 Å². The van der Waals surface area contributed by atoms with Crippen LogP contribution in [0.4, 0.5) is 0 Å². The molecule has 0 aliphatic rings. The second kappa shape index (κ2) is 4.03. The predicted molar refractivity (Wildman–Crippen MR) is 57.5 cm³/mol. The molecule has 0 fully saturated rings. The SMILES string of the molecule is CCn1ncnc1Cn1cnc(I)n1. The van der Waals surface area contributed by atoms with Crippen molar-refractivity contribution >= 4 is 22.6 Å². The molecule has 0 N–H and O–H groups in total. The van der Waals surface area contributed by atoms with Gasteiger partial charge < -0.3 is 0 Å². The maximum atomic E-state index is 4.17. The summed E-state index contributed by atoms with van der Waals surface area (Å²) in [5.41, 5.74) is 0. The van der Waals surface area contributed by atoms with Gasteiger partial charge in [0.15, 0.2) is 0 Å². The molecule has 2 aromatic rings. The third-order valence-corrected chi connectivity index (χ3v) is 2.30. The van der Waals surface area contributed by atoms with Crippen molar-refractivity contribution in [2.45, 2.75) is 20.0 Å². The van der Waals surface area contributed by atoms with E-state index < -0.39 is 0 Å². The third-order valence-electron chi connectivity index (χ3n) is 1.81. The van der Waals surface area contributed by atoms with Crippen molar-refractivity contribution in [1.29, 1.82) is 0 Å². The number of hydrogen-bond donors (Lipinski definition) is 0. The Morgan fingerprint density at radius 3 is 2.93 bits per heavy atom. The molecule has 0 atom stereocenters. The Labute approximate surface area is 94.5 Å². The van der Waals surface area contributed by atoms with Crippen molar-refractivity contribution in [3.63, 3.8) is 0 Å². The van der Waals surface area contributed by atoms with Crippen molar-refractivity contribution in [3.05, 3.63) is 22.3 Å². The molecule has 0 radical (unpaired) electrons. The minimum Gasteiger partial charge on any atom is -0.249 e. The van der Waals surface area contributed by atoms with Gasteiger partial charge in [-0.1, -0.05) is 0 Å². The molecule has 0 bridgehead atoms. The van der Waals surface area contributed by atoms with Gasteiger partial charge in [0, 0.05) is 29.1 Å². The molecule has 0 amide bonds. The second-order valence-electron chi connectivity index (χ2n) is 2.70. The number of rotatable bonds is 3. The highest BCUT2D eigenvalue weighted by Crippen LogP contribution is 1.99. The minimum atomic E-state index is 0.615. The molecule has 14 heavy (non-hydrogen) atoms. The van der Waals surface area contributed by atoms with Gasteiger partial charge in [-0.3, -0.25) is 0 Å². The van der Waals surface area contributed by atoms with Crippen LogP contribution < -0.4 is 0 Å². The highest BCUT2D eigenvalue weighted by atomic mass is 127. The quantitative estimate of drug-likeness (QED) is 0.777. The molecule has 2 heterocycles. The van der Waals surface area contributed by atoms with E-state index in [1.54, 1.807) is 17.3 Å². The maximum Gasteiger partial charge on any atom is 0.211 e. The molecule has 0 aliphatic heterocycles. The Morgan fingerprint density at radius 1 is 1.43 bits per heavy atom. The maximum absolute atomic E-state index is 4.17. The van der Waals surface area contributed by atoms with E-state index in [2.05, 4.69) is 42.8 Å². The van der Waals surface area contributed by atoms with Gasteiger partial charge in [0.05, 0.1) is 0 Å². The van der Waals surface area contributed by atoms with E-state index in [1.165, 1.54) is 0 Å². The lowest BCUT2D eigenvalue weighted by atomic mass is 10.6. The van der Waals surface area contributed by atoms with Crippen molar-refractivity contribution in [3.8, 4) is 0 Å². The topological polar surface area (TPSA) is 61.4 Å². The largest absolute Gasteiger partial charge is 0.249 e. The van der Waals surface area contributed by atoms with Gasteiger partial charge in [0.1, 0.15) is 25.0 Å². The van der Waals surface area contributed by atoms with Crippen LogP contribution in [-0.2, 0) is 13.1 Å². The molecule has 7 heteroatoms. The molecular formula is C7H9IN6. The molecule has 6 nitrogen and oxygen atoms in total. The fraction of sp³-hybridized carbons (Fsp3) is 0.429. The Hall–Kier alpha value is -0.990. The lowest BCUT2D eigenvalue weighted by Gasteiger charge is -2.01. The van der Waals surface area contributed by atoms with E-state index in [0.717, 1.165) is 16.2 Å². The summed E-state index contributed by atoms with van der Waals surface area (Å²) in [5.74, 6) is 0.897. The van der Waals surface area contributed by atoms with E-state index in [-0.39, 0.29) is 0 Å². The standard InChI is InChI=1S/C7H9IN6/c1-2-14-6(9-4-11-14)3-13-5-10-7(8)12-13/h4-5H,2-3H2,1H3. The number of aromatic nitrogens is 6. The van der Waals surface area contributed by atoms with Gasteiger partial charge in [-0.15, -0.1) is 5.10 Å². The first-order valence-corrected chi connectivity index (χ1v) is 5.29. The molecule has 2 aromatic heterocycles. The third kappa shape index (κ3) is 1.91. The monoisotopic (exact) mass is 304 g/mol. The first kappa shape index (κ1) is 9.56. The Morgan fingerprint density at radius 2 is 2.29 bits per heavy atom. The van der Waals surface area contributed by atoms with Crippen LogP contribution in [0.2, 0.25) is 0 Å². The fourth-order valence-electron chi connectivity index (χ4n) is 1.17. The molecule has 0 saturated carbocycles. The zero-order valence-corrected chi connectivity index (χ0v) is 9.79. The lowest BCUT2D eigenvalue weighted by Crippen LogP contribution is -2.09. The number of hydrogen-bond acceptors (Lipinski definition) is 4. The van der Waals surface area contributed by atoms with Crippen LogP contribution in [-0.4, -0.2) is 29.5 Å². The molecule has 0 unspecified atom stereocenters. The van der Waals surface area contributed by atoms with Crippen LogP contribution >= 0.6 is 22.6 Å². The van der Waals surface area contributed by atoms with E-state index in [0.29, 0.717) is 6.54 Å². The summed E-state index contributed by atoms with van der Waals surface area (Å²) in [6.07, 6.45) is 3.25. The first-order chi connectivity index (χ1) is 6.79. The average Bonchev–Trinajstić information content (AvgIpc) is 2.76. The van der Waals surface area contributed by atoms with Crippen LogP contribution in [0.25, 0.3) is 0 Å². The normalized spacial score (nSPS) is 10.7. The Bertz CT molecular complexity index is 419. The smallest absolute Gasteiger partial charge is 0.211 e. The van der Waals surface area contributed by atoms with E-state index >= 15 is 0 Å². The highest BCUT2D eigenvalue weighted by Gasteiger charge is 2.04. The van der Waals surface area contributed by atoms with Crippen LogP contribution in [0.15, 0.2) is 12.7 Å². The number of halogens is 1. The summed E-state index contributed by atoms with van der Waals surface area (Å²) < 4.78 is 4.33. The predicted octanol–water partition coefficient (Wildman–Crippen LogP) is 0.542. The molecule has 0 saturated heterocycles. The molecule has 0 spiro atoms. The van der Waals surface area contributed by atoms with Crippen molar-refractivity contribution in [2.24, 2.45) is 0 Å². The van der Waals surface area contributed by atoms with Gasteiger partial charge in [-0.2, -0.15) is 5.10 Å². The zero-order chi connectivity index (χ0) is 9.97. The summed E-state index contributed by atoms with van der Waals surface area (Å²) in [7, 11) is 0. The molecular weight excluding hydrogens is 295 g/mol. The van der Waals surface area contributed by atoms with Gasteiger partial charge in [0.25, 0.3) is 0 Å². The average molecular weight is 304 g/mol. The van der Waals surface area contributed by atoms with Crippen LogP contribution in [0.3, 0.4) is 0 Å². The summed E-state index contributed by atoms with van der Waals surface area (Å²) in [6.45, 7) is 3.47.